The highest BCUT2D eigenvalue weighted by Crippen LogP contribution is 2.37. The van der Waals surface area contributed by atoms with Gasteiger partial charge in [-0.3, -0.25) is 9.59 Å². The first kappa shape index (κ1) is 26.3. The lowest BCUT2D eigenvalue weighted by molar-refractivity contribution is -0.136. The summed E-state index contributed by atoms with van der Waals surface area (Å²) < 4.78 is 5.28. The number of aromatic amines is 1. The summed E-state index contributed by atoms with van der Waals surface area (Å²) in [5.74, 6) is 0.864. The molecule has 0 unspecified atom stereocenters. The smallest absolute Gasteiger partial charge is 0.272 e. The third-order valence-corrected chi connectivity index (χ3v) is 8.36. The maximum atomic E-state index is 13.7. The van der Waals surface area contributed by atoms with Gasteiger partial charge in [-0.05, 0) is 60.9 Å². The number of nitrogens with zero attached hydrogens (tertiary/aromatic N) is 3. The minimum absolute atomic E-state index is 0.144. The number of rotatable bonds is 5. The summed E-state index contributed by atoms with van der Waals surface area (Å²) in [7, 11) is 1.67. The van der Waals surface area contributed by atoms with Crippen LogP contribution < -0.4 is 20.1 Å². The van der Waals surface area contributed by atoms with Crippen LogP contribution in [0.3, 0.4) is 0 Å². The molecule has 8 heteroatoms. The highest BCUT2D eigenvalue weighted by molar-refractivity contribution is 6.31. The van der Waals surface area contributed by atoms with Crippen molar-refractivity contribution >= 4 is 39.8 Å². The van der Waals surface area contributed by atoms with E-state index in [0.29, 0.717) is 30.3 Å². The van der Waals surface area contributed by atoms with E-state index in [1.54, 1.807) is 13.2 Å². The average molecular weight is 557 g/mol. The number of nitrogens with one attached hydrogen (secondary N) is 1. The van der Waals surface area contributed by atoms with E-state index in [-0.39, 0.29) is 17.4 Å². The van der Waals surface area contributed by atoms with Gasteiger partial charge in [0.1, 0.15) is 11.4 Å². The van der Waals surface area contributed by atoms with Gasteiger partial charge in [-0.15, -0.1) is 0 Å². The Morgan fingerprint density at radius 3 is 2.40 bits per heavy atom. The molecule has 2 fully saturated rings. The maximum absolute atomic E-state index is 13.7. The summed E-state index contributed by atoms with van der Waals surface area (Å²) in [5.41, 5.74) is 4.18. The molecule has 3 heterocycles. The van der Waals surface area contributed by atoms with Gasteiger partial charge in [-0.2, -0.15) is 0 Å². The molecule has 40 heavy (non-hydrogen) atoms. The number of piperazine rings is 1. The number of amides is 1. The molecule has 0 saturated carbocycles. The number of piperidine rings is 1. The molecule has 206 valence electrons. The number of hydrogen-bond donors (Lipinski definition) is 1. The van der Waals surface area contributed by atoms with Gasteiger partial charge in [0.2, 0.25) is 5.91 Å². The number of H-pyrrole nitrogens is 1. The number of carbonyl (C=O) groups excluding carboxylic acids is 1. The van der Waals surface area contributed by atoms with E-state index in [1.807, 2.05) is 59.5 Å². The summed E-state index contributed by atoms with van der Waals surface area (Å²) in [5, 5.41) is 1.51. The number of aromatic nitrogens is 1. The molecule has 2 aliphatic rings. The average Bonchev–Trinajstić information content (AvgIpc) is 3.01. The second-order valence-electron chi connectivity index (χ2n) is 10.5. The summed E-state index contributed by atoms with van der Waals surface area (Å²) in [6, 6.07) is 23.6. The Labute approximate surface area is 238 Å². The fraction of sp³-hybridized carbons (Fsp3) is 0.312. The van der Waals surface area contributed by atoms with Crippen LogP contribution in [0.15, 0.2) is 77.6 Å². The first-order valence-electron chi connectivity index (χ1n) is 13.9. The van der Waals surface area contributed by atoms with Crippen LogP contribution in [-0.2, 0) is 4.79 Å². The van der Waals surface area contributed by atoms with Crippen molar-refractivity contribution in [3.63, 3.8) is 0 Å². The highest BCUT2D eigenvalue weighted by Gasteiger charge is 2.33. The lowest BCUT2D eigenvalue weighted by atomic mass is 9.93. The molecule has 2 aliphatic heterocycles. The van der Waals surface area contributed by atoms with Gasteiger partial charge in [-0.1, -0.05) is 41.9 Å². The number of ether oxygens (including phenoxy) is 1. The second kappa shape index (κ2) is 11.3. The molecule has 1 atom stereocenters. The summed E-state index contributed by atoms with van der Waals surface area (Å²) in [4.78, 5) is 36.8. The number of hydrogen-bond acceptors (Lipinski definition) is 5. The van der Waals surface area contributed by atoms with Gasteiger partial charge in [0.25, 0.3) is 5.56 Å². The van der Waals surface area contributed by atoms with E-state index in [1.165, 1.54) is 0 Å². The maximum Gasteiger partial charge on any atom is 0.272 e. The van der Waals surface area contributed by atoms with Crippen molar-refractivity contribution < 1.29 is 9.53 Å². The first-order valence-corrected chi connectivity index (χ1v) is 14.2. The molecule has 0 bridgehead atoms. The molecule has 6 rings (SSSR count). The monoisotopic (exact) mass is 556 g/mol. The van der Waals surface area contributed by atoms with E-state index in [0.717, 1.165) is 65.9 Å². The SMILES string of the molecule is COc1ccc(N2CCN(C(=O)[C@@H]3CCCN(c4c(-c5ccccc5)c5cc(Cl)ccc5[nH]c4=O)C3)CC2)cc1. The molecular weight excluding hydrogens is 524 g/mol. The van der Waals surface area contributed by atoms with Crippen LogP contribution in [0.2, 0.25) is 5.02 Å². The topological polar surface area (TPSA) is 68.9 Å². The molecule has 2 saturated heterocycles. The number of methoxy groups -OCH3 is 1. The molecular formula is C32H33ClN4O3. The number of fused-ring (bicyclic) bond motifs is 1. The molecule has 0 radical (unpaired) electrons. The Kier molecular flexibility index (Phi) is 7.39. The Morgan fingerprint density at radius 1 is 0.925 bits per heavy atom. The van der Waals surface area contributed by atoms with E-state index in [4.69, 9.17) is 16.3 Å². The standard InChI is InChI=1S/C32H33ClN4O3/c1-40-26-12-10-25(11-13-26)35-16-18-36(19-17-35)32(39)23-8-5-15-37(21-23)30-29(22-6-3-2-4-7-22)27-20-24(33)9-14-28(27)34-31(30)38/h2-4,6-7,9-14,20,23H,5,8,15-19,21H2,1H3,(H,34,38)/t23-/m1/s1. The number of carbonyl (C=O) groups is 1. The van der Waals surface area contributed by atoms with Gasteiger partial charge in [0.05, 0.1) is 13.0 Å². The lowest BCUT2D eigenvalue weighted by Crippen LogP contribution is -2.53. The molecule has 0 spiro atoms. The van der Waals surface area contributed by atoms with Crippen molar-refractivity contribution in [2.24, 2.45) is 5.92 Å². The Bertz CT molecular complexity index is 1560. The van der Waals surface area contributed by atoms with Gasteiger partial charge < -0.3 is 24.4 Å². The zero-order valence-corrected chi connectivity index (χ0v) is 23.4. The number of benzene rings is 3. The van der Waals surface area contributed by atoms with Crippen molar-refractivity contribution in [2.45, 2.75) is 12.8 Å². The number of halogens is 1. The molecule has 3 aromatic carbocycles. The van der Waals surface area contributed by atoms with Crippen molar-refractivity contribution in [1.82, 2.24) is 9.88 Å². The lowest BCUT2D eigenvalue weighted by Gasteiger charge is -2.40. The second-order valence-corrected chi connectivity index (χ2v) is 11.0. The minimum atomic E-state index is -0.153. The van der Waals surface area contributed by atoms with Crippen LogP contribution in [0.25, 0.3) is 22.0 Å². The zero-order chi connectivity index (χ0) is 27.6. The Balaban J connectivity index is 1.23. The largest absolute Gasteiger partial charge is 0.497 e. The summed E-state index contributed by atoms with van der Waals surface area (Å²) in [6.07, 6.45) is 1.68. The van der Waals surface area contributed by atoms with Gasteiger partial charge >= 0.3 is 0 Å². The van der Waals surface area contributed by atoms with Crippen LogP contribution >= 0.6 is 11.6 Å². The van der Waals surface area contributed by atoms with Crippen molar-refractivity contribution in [3.8, 4) is 16.9 Å². The van der Waals surface area contributed by atoms with E-state index in [2.05, 4.69) is 26.9 Å². The van der Waals surface area contributed by atoms with E-state index >= 15 is 0 Å². The van der Waals surface area contributed by atoms with E-state index in [9.17, 15) is 9.59 Å². The highest BCUT2D eigenvalue weighted by atomic mass is 35.5. The molecule has 0 aliphatic carbocycles. The van der Waals surface area contributed by atoms with Crippen LogP contribution in [0.5, 0.6) is 5.75 Å². The minimum Gasteiger partial charge on any atom is -0.497 e. The third kappa shape index (κ3) is 5.13. The Hall–Kier alpha value is -3.97. The molecule has 1 amide bonds. The number of pyridine rings is 1. The number of anilines is 2. The normalized spacial score (nSPS) is 17.8. The summed E-state index contributed by atoms with van der Waals surface area (Å²) in [6.45, 7) is 4.20. The van der Waals surface area contributed by atoms with Crippen LogP contribution in [-0.4, -0.2) is 62.2 Å². The van der Waals surface area contributed by atoms with Crippen LogP contribution in [0.1, 0.15) is 12.8 Å². The zero-order valence-electron chi connectivity index (χ0n) is 22.6. The van der Waals surface area contributed by atoms with Crippen molar-refractivity contribution in [2.75, 3.05) is 56.2 Å². The van der Waals surface area contributed by atoms with Crippen molar-refractivity contribution in [3.05, 3.63) is 88.2 Å². The van der Waals surface area contributed by atoms with E-state index < -0.39 is 0 Å². The molecule has 4 aromatic rings. The Morgan fingerprint density at radius 2 is 1.68 bits per heavy atom. The molecule has 7 nitrogen and oxygen atoms in total. The van der Waals surface area contributed by atoms with Gasteiger partial charge in [-0.25, -0.2) is 0 Å². The predicted molar refractivity (Wildman–Crippen MR) is 162 cm³/mol. The molecule has 1 N–H and O–H groups in total. The summed E-state index contributed by atoms with van der Waals surface area (Å²) >= 11 is 6.40. The first-order chi connectivity index (χ1) is 19.5. The van der Waals surface area contributed by atoms with Gasteiger partial charge in [0.15, 0.2) is 0 Å². The van der Waals surface area contributed by atoms with Crippen LogP contribution in [0.4, 0.5) is 11.4 Å². The quantitative estimate of drug-likeness (QED) is 0.355. The van der Waals surface area contributed by atoms with Crippen molar-refractivity contribution in [1.29, 1.82) is 0 Å². The fourth-order valence-electron chi connectivity index (χ4n) is 6.07. The van der Waals surface area contributed by atoms with Crippen LogP contribution in [0, 0.1) is 5.92 Å². The molecule has 1 aromatic heterocycles. The third-order valence-electron chi connectivity index (χ3n) is 8.13. The predicted octanol–water partition coefficient (Wildman–Crippen LogP) is 5.42. The van der Waals surface area contributed by atoms with Gasteiger partial charge in [0, 0.05) is 66.4 Å². The fourth-order valence-corrected chi connectivity index (χ4v) is 6.24.